The summed E-state index contributed by atoms with van der Waals surface area (Å²) in [5.74, 6) is 1.05. The number of nitrogens with zero attached hydrogens (tertiary/aromatic N) is 1. The summed E-state index contributed by atoms with van der Waals surface area (Å²) in [6.07, 6.45) is 0.171. The maximum atomic E-state index is 8.54. The van der Waals surface area contributed by atoms with Crippen LogP contribution in [0.1, 0.15) is 20.8 Å². The molecule has 1 aromatic rings. The number of benzene rings is 1. The third-order valence-electron chi connectivity index (χ3n) is 2.46. The third kappa shape index (κ3) is 4.53. The van der Waals surface area contributed by atoms with Crippen molar-refractivity contribution < 1.29 is 9.94 Å². The summed E-state index contributed by atoms with van der Waals surface area (Å²) in [6.45, 7) is 6.48. The first kappa shape index (κ1) is 14.2. The first-order chi connectivity index (χ1) is 8.52. The van der Waals surface area contributed by atoms with Crippen molar-refractivity contribution in [3.05, 3.63) is 24.3 Å². The molecule has 0 aliphatic heterocycles. The van der Waals surface area contributed by atoms with Gasteiger partial charge in [0, 0.05) is 18.2 Å². The van der Waals surface area contributed by atoms with Gasteiger partial charge in [-0.25, -0.2) is 0 Å². The van der Waals surface area contributed by atoms with E-state index in [1.807, 2.05) is 45.0 Å². The van der Waals surface area contributed by atoms with Gasteiger partial charge in [-0.05, 0) is 38.1 Å². The number of nitrogens with two attached hydrogens (primary N) is 1. The molecule has 0 aliphatic carbocycles. The first-order valence-electron chi connectivity index (χ1n) is 6.01. The fourth-order valence-corrected chi connectivity index (χ4v) is 1.40. The predicted octanol–water partition coefficient (Wildman–Crippen LogP) is 2.27. The summed E-state index contributed by atoms with van der Waals surface area (Å²) >= 11 is 0. The van der Waals surface area contributed by atoms with Gasteiger partial charge >= 0.3 is 0 Å². The van der Waals surface area contributed by atoms with E-state index in [2.05, 4.69) is 10.5 Å². The van der Waals surface area contributed by atoms with Gasteiger partial charge in [0.1, 0.15) is 11.6 Å². The highest BCUT2D eigenvalue weighted by molar-refractivity contribution is 5.82. The maximum absolute atomic E-state index is 8.54. The minimum atomic E-state index is -0.0263. The smallest absolute Gasteiger partial charge is 0.143 e. The maximum Gasteiger partial charge on any atom is 0.143 e. The lowest BCUT2D eigenvalue weighted by Gasteiger charge is -2.13. The average molecular weight is 251 g/mol. The molecule has 0 aromatic heterocycles. The minimum Gasteiger partial charge on any atom is -0.491 e. The quantitative estimate of drug-likeness (QED) is 0.313. The summed E-state index contributed by atoms with van der Waals surface area (Å²) in [5.41, 5.74) is 6.48. The van der Waals surface area contributed by atoms with Crippen molar-refractivity contribution in [2.24, 2.45) is 16.8 Å². The Labute approximate surface area is 108 Å². The third-order valence-corrected chi connectivity index (χ3v) is 2.46. The van der Waals surface area contributed by atoms with Gasteiger partial charge < -0.3 is 21.0 Å². The molecular weight excluding hydrogens is 230 g/mol. The summed E-state index contributed by atoms with van der Waals surface area (Å²) in [5, 5.41) is 14.7. The van der Waals surface area contributed by atoms with E-state index in [9.17, 15) is 0 Å². The Hall–Kier alpha value is -1.91. The van der Waals surface area contributed by atoms with Gasteiger partial charge in [0.15, 0.2) is 0 Å². The second kappa shape index (κ2) is 6.74. The molecule has 0 spiro atoms. The predicted molar refractivity (Wildman–Crippen MR) is 73.3 cm³/mol. The number of ether oxygens (including phenoxy) is 1. The first-order valence-corrected chi connectivity index (χ1v) is 6.01. The van der Waals surface area contributed by atoms with Crippen molar-refractivity contribution in [2.75, 3.05) is 11.9 Å². The highest BCUT2D eigenvalue weighted by Crippen LogP contribution is 2.17. The molecule has 0 bridgehead atoms. The van der Waals surface area contributed by atoms with Crippen LogP contribution in [0.25, 0.3) is 0 Å². The van der Waals surface area contributed by atoms with Crippen LogP contribution in [0.3, 0.4) is 0 Å². The molecule has 0 heterocycles. The molecule has 0 saturated heterocycles. The van der Waals surface area contributed by atoms with E-state index < -0.39 is 0 Å². The number of oxime groups is 1. The van der Waals surface area contributed by atoms with E-state index in [1.54, 1.807) is 0 Å². The van der Waals surface area contributed by atoms with Crippen LogP contribution in [0.4, 0.5) is 5.69 Å². The van der Waals surface area contributed by atoms with Gasteiger partial charge in [0.25, 0.3) is 0 Å². The Bertz CT molecular complexity index is 388. The Morgan fingerprint density at radius 1 is 1.33 bits per heavy atom. The average Bonchev–Trinajstić information content (AvgIpc) is 2.36. The number of anilines is 1. The molecule has 100 valence electrons. The summed E-state index contributed by atoms with van der Waals surface area (Å²) < 4.78 is 5.55. The van der Waals surface area contributed by atoms with E-state index in [0.29, 0.717) is 6.54 Å². The van der Waals surface area contributed by atoms with Gasteiger partial charge in [-0.1, -0.05) is 12.1 Å². The van der Waals surface area contributed by atoms with Gasteiger partial charge in [-0.3, -0.25) is 0 Å². The van der Waals surface area contributed by atoms with Crippen molar-refractivity contribution in [1.82, 2.24) is 0 Å². The number of rotatable bonds is 6. The van der Waals surface area contributed by atoms with Crippen molar-refractivity contribution >= 4 is 11.5 Å². The second-order valence-electron chi connectivity index (χ2n) is 4.50. The van der Waals surface area contributed by atoms with Crippen LogP contribution in [0.15, 0.2) is 29.4 Å². The summed E-state index contributed by atoms with van der Waals surface area (Å²) in [4.78, 5) is 0. The molecular formula is C13H21N3O2. The van der Waals surface area contributed by atoms with E-state index in [0.717, 1.165) is 11.4 Å². The highest BCUT2D eigenvalue weighted by atomic mass is 16.5. The van der Waals surface area contributed by atoms with Crippen molar-refractivity contribution in [3.8, 4) is 5.75 Å². The second-order valence-corrected chi connectivity index (χ2v) is 4.50. The van der Waals surface area contributed by atoms with Crippen molar-refractivity contribution in [1.29, 1.82) is 0 Å². The monoisotopic (exact) mass is 251 g/mol. The van der Waals surface area contributed by atoms with Crippen LogP contribution in [0, 0.1) is 5.92 Å². The molecule has 1 rings (SSSR count). The zero-order valence-corrected chi connectivity index (χ0v) is 11.1. The van der Waals surface area contributed by atoms with Crippen LogP contribution in [-0.2, 0) is 0 Å². The molecule has 0 fully saturated rings. The lowest BCUT2D eigenvalue weighted by atomic mass is 10.1. The number of hydrogen-bond acceptors (Lipinski definition) is 4. The SMILES string of the molecule is CC(C)Oc1ccc(NCC(C)C(N)=NO)cc1. The van der Waals surface area contributed by atoms with Crippen molar-refractivity contribution in [3.63, 3.8) is 0 Å². The topological polar surface area (TPSA) is 79.9 Å². The molecule has 5 heteroatoms. The fraction of sp³-hybridized carbons (Fsp3) is 0.462. The van der Waals surface area contributed by atoms with Crippen molar-refractivity contribution in [2.45, 2.75) is 26.9 Å². The molecule has 18 heavy (non-hydrogen) atoms. The van der Waals surface area contributed by atoms with E-state index >= 15 is 0 Å². The number of hydrogen-bond donors (Lipinski definition) is 3. The normalized spacial score (nSPS) is 13.4. The van der Waals surface area contributed by atoms with Gasteiger partial charge in [0.05, 0.1) is 6.10 Å². The Balaban J connectivity index is 2.49. The molecule has 0 saturated carbocycles. The number of nitrogens with one attached hydrogen (secondary N) is 1. The lowest BCUT2D eigenvalue weighted by molar-refractivity contribution is 0.242. The van der Waals surface area contributed by atoms with Crippen LogP contribution >= 0.6 is 0 Å². The van der Waals surface area contributed by atoms with Crippen LogP contribution in [0.5, 0.6) is 5.75 Å². The Kier molecular flexibility index (Phi) is 5.30. The number of amidine groups is 1. The van der Waals surface area contributed by atoms with E-state index in [4.69, 9.17) is 15.7 Å². The molecule has 4 N–H and O–H groups in total. The zero-order chi connectivity index (χ0) is 13.5. The molecule has 0 amide bonds. The van der Waals surface area contributed by atoms with E-state index in [1.165, 1.54) is 0 Å². The van der Waals surface area contributed by atoms with Gasteiger partial charge in [-0.2, -0.15) is 0 Å². The standard InChI is InChI=1S/C13H21N3O2/c1-9(2)18-12-6-4-11(5-7-12)15-8-10(3)13(14)16-17/h4-7,9-10,15,17H,8H2,1-3H3,(H2,14,16). The molecule has 1 atom stereocenters. The van der Waals surface area contributed by atoms with Crippen LogP contribution < -0.4 is 15.8 Å². The minimum absolute atomic E-state index is 0.0263. The molecule has 1 aromatic carbocycles. The van der Waals surface area contributed by atoms with Gasteiger partial charge in [0.2, 0.25) is 0 Å². The molecule has 5 nitrogen and oxygen atoms in total. The zero-order valence-electron chi connectivity index (χ0n) is 11.1. The molecule has 0 radical (unpaired) electrons. The summed E-state index contributed by atoms with van der Waals surface area (Å²) in [7, 11) is 0. The molecule has 0 aliphatic rings. The largest absolute Gasteiger partial charge is 0.491 e. The fourth-order valence-electron chi connectivity index (χ4n) is 1.40. The Morgan fingerprint density at radius 2 is 1.94 bits per heavy atom. The van der Waals surface area contributed by atoms with Crippen LogP contribution in [-0.4, -0.2) is 23.7 Å². The van der Waals surface area contributed by atoms with Gasteiger partial charge in [-0.15, -0.1) is 0 Å². The summed E-state index contributed by atoms with van der Waals surface area (Å²) in [6, 6.07) is 7.71. The van der Waals surface area contributed by atoms with E-state index in [-0.39, 0.29) is 17.9 Å². The van der Waals surface area contributed by atoms with Crippen LogP contribution in [0.2, 0.25) is 0 Å². The highest BCUT2D eigenvalue weighted by Gasteiger charge is 2.07. The lowest BCUT2D eigenvalue weighted by Crippen LogP contribution is -2.27. The molecule has 1 unspecified atom stereocenters. The Morgan fingerprint density at radius 3 is 2.44 bits per heavy atom.